The summed E-state index contributed by atoms with van der Waals surface area (Å²) in [6.45, 7) is 2.42. The fourth-order valence-corrected chi connectivity index (χ4v) is 1.50. The highest BCUT2D eigenvalue weighted by molar-refractivity contribution is 5.68. The zero-order chi connectivity index (χ0) is 12.8. The summed E-state index contributed by atoms with van der Waals surface area (Å²) in [6, 6.07) is 4.65. The molecule has 0 fully saturated rings. The quantitative estimate of drug-likeness (QED) is 0.787. The van der Waals surface area contributed by atoms with E-state index in [0.29, 0.717) is 23.7 Å². The van der Waals surface area contributed by atoms with Crippen molar-refractivity contribution < 1.29 is 19.4 Å². The molecule has 0 bridgehead atoms. The molecule has 0 aliphatic carbocycles. The minimum absolute atomic E-state index is 0.114. The number of methoxy groups -OCH3 is 1. The van der Waals surface area contributed by atoms with E-state index in [1.54, 1.807) is 18.2 Å². The highest BCUT2D eigenvalue weighted by atomic mass is 16.5. The van der Waals surface area contributed by atoms with Gasteiger partial charge in [-0.1, -0.05) is 6.07 Å². The second-order valence-corrected chi connectivity index (χ2v) is 3.55. The normalized spacial score (nSPS) is 11.9. The molecular formula is C12H17NO4. The summed E-state index contributed by atoms with van der Waals surface area (Å²) in [5, 5.41) is 8.67. The van der Waals surface area contributed by atoms with Gasteiger partial charge in [0.25, 0.3) is 0 Å². The molecule has 0 heterocycles. The summed E-state index contributed by atoms with van der Waals surface area (Å²) >= 11 is 0. The summed E-state index contributed by atoms with van der Waals surface area (Å²) in [5.74, 6) is 0.261. The van der Waals surface area contributed by atoms with Crippen LogP contribution in [0.5, 0.6) is 11.5 Å². The Labute approximate surface area is 100 Å². The van der Waals surface area contributed by atoms with Gasteiger partial charge in [0, 0.05) is 6.04 Å². The summed E-state index contributed by atoms with van der Waals surface area (Å²) in [7, 11) is 1.53. The molecule has 0 saturated heterocycles. The Kier molecular flexibility index (Phi) is 4.78. The van der Waals surface area contributed by atoms with Gasteiger partial charge in [0.2, 0.25) is 0 Å². The first-order valence-electron chi connectivity index (χ1n) is 5.36. The number of carboxylic acid groups (broad SMARTS) is 1. The topological polar surface area (TPSA) is 81.8 Å². The van der Waals surface area contributed by atoms with Crippen molar-refractivity contribution >= 4 is 5.97 Å². The Morgan fingerprint density at radius 3 is 2.71 bits per heavy atom. The first-order valence-corrected chi connectivity index (χ1v) is 5.36. The molecule has 1 atom stereocenters. The zero-order valence-corrected chi connectivity index (χ0v) is 9.97. The average Bonchev–Trinajstić information content (AvgIpc) is 2.29. The lowest BCUT2D eigenvalue weighted by Crippen LogP contribution is -2.15. The third-order valence-corrected chi connectivity index (χ3v) is 2.31. The van der Waals surface area contributed by atoms with Crippen LogP contribution in [0.15, 0.2) is 18.2 Å². The van der Waals surface area contributed by atoms with Crippen molar-refractivity contribution in [3.63, 3.8) is 0 Å². The number of nitrogens with two attached hydrogens (primary N) is 1. The third-order valence-electron chi connectivity index (χ3n) is 2.31. The summed E-state index contributed by atoms with van der Waals surface area (Å²) in [4.78, 5) is 10.6. The van der Waals surface area contributed by atoms with Gasteiger partial charge in [-0.25, -0.2) is 0 Å². The van der Waals surface area contributed by atoms with Crippen molar-refractivity contribution in [2.45, 2.75) is 19.4 Å². The molecule has 0 unspecified atom stereocenters. The lowest BCUT2D eigenvalue weighted by atomic mass is 10.0. The van der Waals surface area contributed by atoms with Crippen LogP contribution in [0.3, 0.4) is 0 Å². The molecule has 5 heteroatoms. The van der Waals surface area contributed by atoms with Gasteiger partial charge in [-0.15, -0.1) is 0 Å². The van der Waals surface area contributed by atoms with Crippen LogP contribution < -0.4 is 15.2 Å². The van der Waals surface area contributed by atoms with Gasteiger partial charge in [-0.2, -0.15) is 0 Å². The summed E-state index contributed by atoms with van der Waals surface area (Å²) < 4.78 is 10.5. The molecule has 1 aromatic rings. The second kappa shape index (κ2) is 6.10. The molecule has 3 N–H and O–H groups in total. The van der Waals surface area contributed by atoms with E-state index in [9.17, 15) is 4.79 Å². The number of hydrogen-bond donors (Lipinski definition) is 2. The average molecular weight is 239 g/mol. The second-order valence-electron chi connectivity index (χ2n) is 3.55. The number of ether oxygens (including phenoxy) is 2. The van der Waals surface area contributed by atoms with Crippen molar-refractivity contribution in [2.75, 3.05) is 13.7 Å². The van der Waals surface area contributed by atoms with Gasteiger partial charge in [0.1, 0.15) is 0 Å². The highest BCUT2D eigenvalue weighted by Crippen LogP contribution is 2.30. The Balaban J connectivity index is 2.92. The van der Waals surface area contributed by atoms with Crippen LogP contribution in [-0.4, -0.2) is 24.8 Å². The number of hydrogen-bond acceptors (Lipinski definition) is 4. The molecule has 0 saturated carbocycles. The van der Waals surface area contributed by atoms with Crippen LogP contribution in [-0.2, 0) is 4.79 Å². The zero-order valence-electron chi connectivity index (χ0n) is 9.97. The monoisotopic (exact) mass is 239 g/mol. The Bertz CT molecular complexity index is 392. The van der Waals surface area contributed by atoms with Crippen LogP contribution in [0.1, 0.15) is 24.9 Å². The van der Waals surface area contributed by atoms with Crippen LogP contribution in [0.2, 0.25) is 0 Å². The minimum Gasteiger partial charge on any atom is -0.493 e. The fourth-order valence-electron chi connectivity index (χ4n) is 1.50. The maximum absolute atomic E-state index is 10.6. The van der Waals surface area contributed by atoms with E-state index in [1.807, 2.05) is 6.92 Å². The molecule has 1 aromatic carbocycles. The van der Waals surface area contributed by atoms with Gasteiger partial charge < -0.3 is 20.3 Å². The van der Waals surface area contributed by atoms with Crippen molar-refractivity contribution in [1.29, 1.82) is 0 Å². The van der Waals surface area contributed by atoms with Gasteiger partial charge in [-0.3, -0.25) is 4.79 Å². The van der Waals surface area contributed by atoms with Crippen LogP contribution in [0.25, 0.3) is 0 Å². The predicted octanol–water partition coefficient (Wildman–Crippen LogP) is 1.57. The minimum atomic E-state index is -0.926. The maximum atomic E-state index is 10.6. The van der Waals surface area contributed by atoms with E-state index in [2.05, 4.69) is 0 Å². The molecule has 17 heavy (non-hydrogen) atoms. The summed E-state index contributed by atoms with van der Waals surface area (Å²) in [6.07, 6.45) is -0.114. The highest BCUT2D eigenvalue weighted by Gasteiger charge is 2.13. The SMILES string of the molecule is CCOc1ccc([C@H](N)CC(=O)O)cc1OC. The van der Waals surface area contributed by atoms with Crippen LogP contribution in [0, 0.1) is 0 Å². The molecule has 0 aromatic heterocycles. The van der Waals surface area contributed by atoms with Crippen molar-refractivity contribution in [1.82, 2.24) is 0 Å². The molecular weight excluding hydrogens is 222 g/mol. The predicted molar refractivity (Wildman–Crippen MR) is 63.3 cm³/mol. The Morgan fingerprint density at radius 1 is 1.47 bits per heavy atom. The molecule has 94 valence electrons. The molecule has 0 radical (unpaired) electrons. The molecule has 0 aliphatic rings. The van der Waals surface area contributed by atoms with E-state index in [-0.39, 0.29) is 6.42 Å². The fraction of sp³-hybridized carbons (Fsp3) is 0.417. The molecule has 0 amide bonds. The van der Waals surface area contributed by atoms with Gasteiger partial charge in [0.15, 0.2) is 11.5 Å². The third kappa shape index (κ3) is 3.64. The number of rotatable bonds is 6. The first-order chi connectivity index (χ1) is 8.08. The van der Waals surface area contributed by atoms with Crippen LogP contribution >= 0.6 is 0 Å². The van der Waals surface area contributed by atoms with E-state index in [0.717, 1.165) is 0 Å². The lowest BCUT2D eigenvalue weighted by molar-refractivity contribution is -0.137. The van der Waals surface area contributed by atoms with Gasteiger partial charge >= 0.3 is 5.97 Å². The number of benzene rings is 1. The summed E-state index contributed by atoms with van der Waals surface area (Å²) in [5.41, 5.74) is 6.48. The van der Waals surface area contributed by atoms with Crippen LogP contribution in [0.4, 0.5) is 0 Å². The largest absolute Gasteiger partial charge is 0.493 e. The van der Waals surface area contributed by atoms with E-state index in [4.69, 9.17) is 20.3 Å². The first kappa shape index (κ1) is 13.3. The van der Waals surface area contributed by atoms with Crippen molar-refractivity contribution in [3.05, 3.63) is 23.8 Å². The molecule has 1 rings (SSSR count). The van der Waals surface area contributed by atoms with Gasteiger partial charge in [-0.05, 0) is 24.6 Å². The van der Waals surface area contributed by atoms with Gasteiger partial charge in [0.05, 0.1) is 20.1 Å². The van der Waals surface area contributed by atoms with E-state index in [1.165, 1.54) is 7.11 Å². The lowest BCUT2D eigenvalue weighted by Gasteiger charge is -2.14. The maximum Gasteiger partial charge on any atom is 0.305 e. The van der Waals surface area contributed by atoms with E-state index >= 15 is 0 Å². The molecule has 5 nitrogen and oxygen atoms in total. The van der Waals surface area contributed by atoms with Crippen molar-refractivity contribution in [2.24, 2.45) is 5.73 Å². The van der Waals surface area contributed by atoms with Crippen molar-refractivity contribution in [3.8, 4) is 11.5 Å². The number of carboxylic acids is 1. The molecule has 0 spiro atoms. The number of carbonyl (C=O) groups is 1. The Hall–Kier alpha value is -1.75. The van der Waals surface area contributed by atoms with E-state index < -0.39 is 12.0 Å². The standard InChI is InChI=1S/C12H17NO4/c1-3-17-10-5-4-8(6-11(10)16-2)9(13)7-12(14)15/h4-6,9H,3,7,13H2,1-2H3,(H,14,15)/t9-/m1/s1. The number of aliphatic carboxylic acids is 1. The molecule has 0 aliphatic heterocycles. The Morgan fingerprint density at radius 2 is 2.18 bits per heavy atom. The smallest absolute Gasteiger partial charge is 0.305 e.